The predicted molar refractivity (Wildman–Crippen MR) is 118 cm³/mol. The lowest BCUT2D eigenvalue weighted by Gasteiger charge is -2.63. The lowest BCUT2D eigenvalue weighted by molar-refractivity contribution is -0.164. The normalized spacial score (nSPS) is 26.0. The fourth-order valence-corrected chi connectivity index (χ4v) is 5.54. The summed E-state index contributed by atoms with van der Waals surface area (Å²) in [6.45, 7) is 10.2. The number of nitriles is 1. The van der Waals surface area contributed by atoms with E-state index in [1.807, 2.05) is 10.9 Å². The van der Waals surface area contributed by atoms with Crippen molar-refractivity contribution in [3.8, 4) is 11.8 Å². The Morgan fingerprint density at radius 3 is 2.71 bits per heavy atom. The minimum atomic E-state index is -0.301. The Hall–Kier alpha value is -2.56. The average Bonchev–Trinajstić information content (AvgIpc) is 3.41. The number of benzene rings is 1. The summed E-state index contributed by atoms with van der Waals surface area (Å²) >= 11 is 6.16. The molecule has 1 saturated carbocycles. The number of nitrogens with one attached hydrogen (secondary N) is 2. The highest BCUT2D eigenvalue weighted by molar-refractivity contribution is 6.31. The van der Waals surface area contributed by atoms with E-state index in [0.717, 1.165) is 19.5 Å². The van der Waals surface area contributed by atoms with Gasteiger partial charge in [0.1, 0.15) is 17.9 Å². The van der Waals surface area contributed by atoms with Gasteiger partial charge in [-0.25, -0.2) is 0 Å². The fourth-order valence-electron chi connectivity index (χ4n) is 5.33. The van der Waals surface area contributed by atoms with Gasteiger partial charge in [0, 0.05) is 35.7 Å². The molecule has 0 bridgehead atoms. The van der Waals surface area contributed by atoms with E-state index in [2.05, 4.69) is 49.5 Å². The van der Waals surface area contributed by atoms with Gasteiger partial charge in [0.25, 0.3) is 5.91 Å². The Labute approximate surface area is 187 Å². The molecule has 1 aromatic heterocycles. The number of carbonyl (C=O) groups excluding carboxylic acids is 1. The van der Waals surface area contributed by atoms with Crippen molar-refractivity contribution in [1.82, 2.24) is 20.4 Å². The molecule has 164 valence electrons. The third-order valence-electron chi connectivity index (χ3n) is 6.70. The molecule has 7 nitrogen and oxygen atoms in total. The molecular formula is C23H28ClN5O2. The summed E-state index contributed by atoms with van der Waals surface area (Å²) in [7, 11) is 0. The second-order valence-corrected chi connectivity index (χ2v) is 10.1. The van der Waals surface area contributed by atoms with Crippen LogP contribution < -0.4 is 15.4 Å². The molecular weight excluding hydrogens is 414 g/mol. The van der Waals surface area contributed by atoms with Gasteiger partial charge >= 0.3 is 0 Å². The first kappa shape index (κ1) is 21.7. The quantitative estimate of drug-likeness (QED) is 0.740. The third-order valence-corrected chi connectivity index (χ3v) is 7.01. The molecule has 1 aliphatic heterocycles. The summed E-state index contributed by atoms with van der Waals surface area (Å²) in [5, 5.41) is 20.3. The molecule has 0 spiro atoms. The zero-order chi connectivity index (χ0) is 22.4. The van der Waals surface area contributed by atoms with E-state index in [0.29, 0.717) is 27.9 Å². The summed E-state index contributed by atoms with van der Waals surface area (Å²) in [6, 6.07) is 7.36. The minimum Gasteiger partial charge on any atom is -0.489 e. The molecule has 4 rings (SSSR count). The molecule has 2 fully saturated rings. The van der Waals surface area contributed by atoms with Gasteiger partial charge in [-0.3, -0.25) is 9.48 Å². The summed E-state index contributed by atoms with van der Waals surface area (Å²) in [4.78, 5) is 13.0. The van der Waals surface area contributed by atoms with Crippen LogP contribution in [0.5, 0.6) is 5.75 Å². The zero-order valence-corrected chi connectivity index (χ0v) is 19.0. The van der Waals surface area contributed by atoms with E-state index < -0.39 is 0 Å². The lowest BCUT2D eigenvalue weighted by atomic mass is 9.49. The van der Waals surface area contributed by atoms with Crippen molar-refractivity contribution in [2.24, 2.45) is 10.8 Å². The summed E-state index contributed by atoms with van der Waals surface area (Å²) < 4.78 is 8.16. The standard InChI is InChI=1S/C23H28ClN5O2/c1-22(2)20(28-19(30)15-11-27-29(13-15)16-7-8-26-12-16)23(3,4)21(22)31-17-6-5-14(10-25)18(24)9-17/h5-6,9,11,13,16,20-21,26H,7-8,12H2,1-4H3,(H,28,30). The molecule has 8 heteroatoms. The monoisotopic (exact) mass is 441 g/mol. The van der Waals surface area contributed by atoms with Crippen molar-refractivity contribution in [2.45, 2.75) is 52.3 Å². The number of carbonyl (C=O) groups is 1. The molecule has 2 aliphatic rings. The Bertz CT molecular complexity index is 1020. The van der Waals surface area contributed by atoms with Crippen molar-refractivity contribution in [2.75, 3.05) is 13.1 Å². The molecule has 2 heterocycles. The smallest absolute Gasteiger partial charge is 0.254 e. The van der Waals surface area contributed by atoms with Crippen molar-refractivity contribution in [3.05, 3.63) is 46.7 Å². The van der Waals surface area contributed by atoms with Crippen LogP contribution >= 0.6 is 11.6 Å². The van der Waals surface area contributed by atoms with E-state index in [-0.39, 0.29) is 28.9 Å². The van der Waals surface area contributed by atoms with Crippen molar-refractivity contribution in [3.63, 3.8) is 0 Å². The number of halogens is 1. The number of rotatable bonds is 5. The van der Waals surface area contributed by atoms with Crippen molar-refractivity contribution >= 4 is 17.5 Å². The van der Waals surface area contributed by atoms with Crippen LogP contribution in [0.3, 0.4) is 0 Å². The first-order chi connectivity index (χ1) is 14.6. The molecule has 1 aliphatic carbocycles. The largest absolute Gasteiger partial charge is 0.489 e. The van der Waals surface area contributed by atoms with Gasteiger partial charge in [-0.1, -0.05) is 39.3 Å². The first-order valence-corrected chi connectivity index (χ1v) is 10.9. The van der Waals surface area contributed by atoms with Crippen molar-refractivity contribution in [1.29, 1.82) is 5.26 Å². The predicted octanol–water partition coefficient (Wildman–Crippen LogP) is 3.55. The van der Waals surface area contributed by atoms with Gasteiger partial charge in [-0.05, 0) is 25.1 Å². The number of aromatic nitrogens is 2. The molecule has 0 radical (unpaired) electrons. The maximum Gasteiger partial charge on any atom is 0.254 e. The number of nitrogens with zero attached hydrogens (tertiary/aromatic N) is 3. The Balaban J connectivity index is 1.45. The van der Waals surface area contributed by atoms with Crippen LogP contribution in [0.1, 0.15) is 56.1 Å². The molecule has 1 unspecified atom stereocenters. The molecule has 1 amide bonds. The second-order valence-electron chi connectivity index (χ2n) is 9.66. The van der Waals surface area contributed by atoms with Crippen LogP contribution in [0.15, 0.2) is 30.6 Å². The summed E-state index contributed by atoms with van der Waals surface area (Å²) in [6.07, 6.45) is 4.35. The topological polar surface area (TPSA) is 92.0 Å². The zero-order valence-electron chi connectivity index (χ0n) is 18.3. The van der Waals surface area contributed by atoms with Gasteiger partial charge in [0.15, 0.2) is 0 Å². The Kier molecular flexibility index (Phi) is 5.48. The van der Waals surface area contributed by atoms with Crippen LogP contribution in [0.25, 0.3) is 0 Å². The third kappa shape index (κ3) is 3.79. The Morgan fingerprint density at radius 2 is 2.10 bits per heavy atom. The molecule has 31 heavy (non-hydrogen) atoms. The second kappa shape index (κ2) is 7.85. The number of hydrogen-bond acceptors (Lipinski definition) is 5. The molecule has 1 aromatic carbocycles. The van der Waals surface area contributed by atoms with Gasteiger partial charge in [0.05, 0.1) is 28.4 Å². The molecule has 1 saturated heterocycles. The van der Waals surface area contributed by atoms with Gasteiger partial charge in [0.2, 0.25) is 0 Å². The summed E-state index contributed by atoms with van der Waals surface area (Å²) in [5.41, 5.74) is 0.387. The number of amides is 1. The average molecular weight is 442 g/mol. The first-order valence-electron chi connectivity index (χ1n) is 10.6. The molecule has 2 aromatic rings. The lowest BCUT2D eigenvalue weighted by Crippen LogP contribution is -2.74. The highest BCUT2D eigenvalue weighted by Crippen LogP contribution is 2.55. The summed E-state index contributed by atoms with van der Waals surface area (Å²) in [5.74, 6) is 0.495. The molecule has 2 N–H and O–H groups in total. The number of ether oxygens (including phenoxy) is 1. The SMILES string of the molecule is CC1(C)C(NC(=O)c2cnn(C3CCNC3)c2)C(C)(C)C1Oc1ccc(C#N)c(Cl)c1. The van der Waals surface area contributed by atoms with Gasteiger partial charge in [-0.2, -0.15) is 10.4 Å². The highest BCUT2D eigenvalue weighted by Gasteiger charge is 2.64. The van der Waals surface area contributed by atoms with E-state index in [1.54, 1.807) is 24.4 Å². The van der Waals surface area contributed by atoms with Crippen LogP contribution in [0.4, 0.5) is 0 Å². The van der Waals surface area contributed by atoms with E-state index in [9.17, 15) is 4.79 Å². The van der Waals surface area contributed by atoms with Crippen LogP contribution in [-0.2, 0) is 0 Å². The van der Waals surface area contributed by atoms with Gasteiger partial charge in [-0.15, -0.1) is 0 Å². The highest BCUT2D eigenvalue weighted by atomic mass is 35.5. The van der Waals surface area contributed by atoms with Crippen LogP contribution in [0, 0.1) is 22.2 Å². The van der Waals surface area contributed by atoms with E-state index >= 15 is 0 Å². The van der Waals surface area contributed by atoms with E-state index in [4.69, 9.17) is 21.6 Å². The van der Waals surface area contributed by atoms with Gasteiger partial charge < -0.3 is 15.4 Å². The number of hydrogen-bond donors (Lipinski definition) is 2. The fraction of sp³-hybridized carbons (Fsp3) is 0.522. The molecule has 1 atom stereocenters. The van der Waals surface area contributed by atoms with Crippen LogP contribution in [0.2, 0.25) is 5.02 Å². The van der Waals surface area contributed by atoms with E-state index in [1.165, 1.54) is 0 Å². The van der Waals surface area contributed by atoms with Crippen molar-refractivity contribution < 1.29 is 9.53 Å². The minimum absolute atomic E-state index is 0.0807. The maximum absolute atomic E-state index is 13.0. The Morgan fingerprint density at radius 1 is 1.35 bits per heavy atom. The maximum atomic E-state index is 13.0. The van der Waals surface area contributed by atoms with Crippen LogP contribution in [-0.4, -0.2) is 40.9 Å².